The molecule has 0 aliphatic heterocycles. The molecule has 3 N–H and O–H groups in total. The van der Waals surface area contributed by atoms with Crippen molar-refractivity contribution in [2.24, 2.45) is 0 Å². The molecule has 0 heterocycles. The van der Waals surface area contributed by atoms with Gasteiger partial charge < -0.3 is 0 Å². The van der Waals surface area contributed by atoms with Gasteiger partial charge in [-0.05, 0) is 0 Å². The van der Waals surface area contributed by atoms with E-state index in [1.54, 1.807) is 12.1 Å². The first-order valence-corrected chi connectivity index (χ1v) is 6.51. The van der Waals surface area contributed by atoms with Gasteiger partial charge in [-0.15, -0.1) is 0 Å². The van der Waals surface area contributed by atoms with Gasteiger partial charge in [0.25, 0.3) is 0 Å². The van der Waals surface area contributed by atoms with Crippen molar-refractivity contribution in [2.45, 2.75) is 0 Å². The second-order valence-electron chi connectivity index (χ2n) is 3.07. The maximum atomic E-state index is 11.5. The predicted molar refractivity (Wildman–Crippen MR) is 60.5 cm³/mol. The van der Waals surface area contributed by atoms with Gasteiger partial charge >= 0.3 is 104 Å². The van der Waals surface area contributed by atoms with Gasteiger partial charge in [-0.1, -0.05) is 0 Å². The van der Waals surface area contributed by atoms with Crippen LogP contribution in [-0.4, -0.2) is 45.9 Å². The Morgan fingerprint density at radius 2 is 1.88 bits per heavy atom. The third-order valence-corrected chi connectivity index (χ3v) is 2.93. The summed E-state index contributed by atoms with van der Waals surface area (Å²) in [5.41, 5.74) is 0.308. The van der Waals surface area contributed by atoms with Gasteiger partial charge in [0, 0.05) is 0 Å². The first kappa shape index (κ1) is 13.5. The Morgan fingerprint density at radius 1 is 1.24 bits per heavy atom. The van der Waals surface area contributed by atoms with Gasteiger partial charge in [0.05, 0.1) is 0 Å². The SMILES string of the molecule is O=[As]c1ccc(C(=O)NC(=O)NCCO)cc1. The standard InChI is InChI=1S/C10H11AsN2O4/c14-6-5-12-10(16)13-9(15)7-1-3-8(11-17)4-2-7/h1-4,14H,5-6H2,(H2,12,13,15,16). The molecule has 1 rings (SSSR count). The molecule has 0 saturated heterocycles. The molecule has 0 bridgehead atoms. The van der Waals surface area contributed by atoms with Crippen molar-refractivity contribution in [1.29, 1.82) is 0 Å². The van der Waals surface area contributed by atoms with Crippen molar-refractivity contribution >= 4 is 32.0 Å². The van der Waals surface area contributed by atoms with Crippen molar-refractivity contribution in [3.05, 3.63) is 29.8 Å². The van der Waals surface area contributed by atoms with E-state index in [0.29, 0.717) is 9.91 Å². The third kappa shape index (κ3) is 4.46. The fraction of sp³-hybridized carbons (Fsp3) is 0.200. The van der Waals surface area contributed by atoms with E-state index in [1.165, 1.54) is 12.1 Å². The first-order chi connectivity index (χ1) is 8.17. The molecule has 0 atom stereocenters. The van der Waals surface area contributed by atoms with Crippen LogP contribution in [0.15, 0.2) is 24.3 Å². The first-order valence-electron chi connectivity index (χ1n) is 4.81. The average Bonchev–Trinajstić information content (AvgIpc) is 2.36. The number of amides is 3. The molecule has 7 heteroatoms. The van der Waals surface area contributed by atoms with E-state index >= 15 is 0 Å². The Bertz CT molecular complexity index is 419. The van der Waals surface area contributed by atoms with Gasteiger partial charge in [-0.25, -0.2) is 0 Å². The number of rotatable bonds is 4. The molecule has 0 unspecified atom stereocenters. The number of nitrogens with one attached hydrogen (secondary N) is 2. The van der Waals surface area contributed by atoms with E-state index in [0.717, 1.165) is 0 Å². The summed E-state index contributed by atoms with van der Waals surface area (Å²) in [7, 11) is 0. The van der Waals surface area contributed by atoms with Gasteiger partial charge in [-0.3, -0.25) is 0 Å². The molecule has 17 heavy (non-hydrogen) atoms. The molecule has 1 aromatic carbocycles. The number of urea groups is 1. The van der Waals surface area contributed by atoms with Crippen LogP contribution in [0, 0.1) is 0 Å². The molecule has 0 aliphatic rings. The number of benzene rings is 1. The van der Waals surface area contributed by atoms with Crippen LogP contribution in [0.2, 0.25) is 0 Å². The van der Waals surface area contributed by atoms with Crippen molar-refractivity contribution in [3.8, 4) is 0 Å². The Morgan fingerprint density at radius 3 is 2.41 bits per heavy atom. The second kappa shape index (κ2) is 6.93. The Hall–Kier alpha value is -1.52. The summed E-state index contributed by atoms with van der Waals surface area (Å²) in [5.74, 6) is -0.547. The molecule has 0 spiro atoms. The molecular formula is C10H11AsN2O4. The van der Waals surface area contributed by atoms with Crippen LogP contribution in [0.1, 0.15) is 10.4 Å². The molecule has 0 radical (unpaired) electrons. The van der Waals surface area contributed by atoms with Crippen LogP contribution in [0.4, 0.5) is 4.79 Å². The van der Waals surface area contributed by atoms with Crippen LogP contribution >= 0.6 is 0 Å². The summed E-state index contributed by atoms with van der Waals surface area (Å²) in [6.45, 7) is -0.110. The Balaban J connectivity index is 2.57. The van der Waals surface area contributed by atoms with Crippen molar-refractivity contribution < 1.29 is 18.4 Å². The molecular weight excluding hydrogens is 287 g/mol. The maximum absolute atomic E-state index is 11.5. The van der Waals surface area contributed by atoms with Crippen LogP contribution in [0.25, 0.3) is 0 Å². The van der Waals surface area contributed by atoms with Crippen LogP contribution in [0.3, 0.4) is 0 Å². The second-order valence-corrected chi connectivity index (χ2v) is 4.54. The molecule has 1 aromatic rings. The van der Waals surface area contributed by atoms with E-state index < -0.39 is 27.6 Å². The fourth-order valence-corrected chi connectivity index (χ4v) is 1.63. The summed E-state index contributed by atoms with van der Waals surface area (Å²) in [6, 6.07) is 5.49. The van der Waals surface area contributed by atoms with Crippen molar-refractivity contribution in [1.82, 2.24) is 10.6 Å². The number of hydrogen-bond acceptors (Lipinski definition) is 4. The summed E-state index contributed by atoms with van der Waals surface area (Å²) < 4.78 is 11.3. The molecule has 6 nitrogen and oxygen atoms in total. The number of aliphatic hydroxyl groups excluding tert-OH is 1. The average molecular weight is 298 g/mol. The monoisotopic (exact) mass is 298 g/mol. The zero-order valence-corrected chi connectivity index (χ0v) is 10.7. The summed E-state index contributed by atoms with van der Waals surface area (Å²) in [4.78, 5) is 22.6. The molecule has 0 aromatic heterocycles. The number of hydrogen-bond donors (Lipinski definition) is 3. The third-order valence-electron chi connectivity index (χ3n) is 1.86. The number of carbonyl (C=O) groups is 2. The van der Waals surface area contributed by atoms with Crippen molar-refractivity contribution in [2.75, 3.05) is 13.2 Å². The van der Waals surface area contributed by atoms with Crippen LogP contribution in [-0.2, 0) is 3.74 Å². The minimum absolute atomic E-state index is 0.0814. The number of carbonyl (C=O) groups excluding carboxylic acids is 2. The Kier molecular flexibility index (Phi) is 5.52. The quantitative estimate of drug-likeness (QED) is 0.608. The van der Waals surface area contributed by atoms with E-state index in [1.807, 2.05) is 0 Å². The minimum atomic E-state index is -1.11. The molecule has 3 amide bonds. The van der Waals surface area contributed by atoms with Crippen molar-refractivity contribution in [3.63, 3.8) is 0 Å². The van der Waals surface area contributed by atoms with Gasteiger partial charge in [0.15, 0.2) is 0 Å². The van der Waals surface area contributed by atoms with Gasteiger partial charge in [-0.2, -0.15) is 0 Å². The zero-order chi connectivity index (χ0) is 12.7. The number of aliphatic hydroxyl groups is 1. The van der Waals surface area contributed by atoms with E-state index in [9.17, 15) is 13.3 Å². The molecule has 0 aliphatic carbocycles. The van der Waals surface area contributed by atoms with E-state index in [-0.39, 0.29) is 13.2 Å². The molecule has 0 fully saturated rings. The topological polar surface area (TPSA) is 95.5 Å². The molecule has 0 saturated carbocycles. The predicted octanol–water partition coefficient (Wildman–Crippen LogP) is -1.21. The summed E-state index contributed by atoms with van der Waals surface area (Å²) in [6.07, 6.45) is 0. The summed E-state index contributed by atoms with van der Waals surface area (Å²) in [5, 5.41) is 12.9. The van der Waals surface area contributed by atoms with E-state index in [2.05, 4.69) is 10.6 Å². The normalized spacial score (nSPS) is 9.94. The molecule has 90 valence electrons. The van der Waals surface area contributed by atoms with Gasteiger partial charge in [0.2, 0.25) is 0 Å². The summed E-state index contributed by atoms with van der Waals surface area (Å²) >= 11 is -1.11. The van der Waals surface area contributed by atoms with Crippen LogP contribution in [0.5, 0.6) is 0 Å². The Labute approximate surface area is 104 Å². The zero-order valence-electron chi connectivity index (χ0n) is 8.84. The fourth-order valence-electron chi connectivity index (χ4n) is 1.06. The van der Waals surface area contributed by atoms with E-state index in [4.69, 9.17) is 5.11 Å². The van der Waals surface area contributed by atoms with Crippen LogP contribution < -0.4 is 15.0 Å². The van der Waals surface area contributed by atoms with Gasteiger partial charge in [0.1, 0.15) is 0 Å². The number of imide groups is 1.